The first kappa shape index (κ1) is 24.3. The Kier molecular flexibility index (Phi) is 8.45. The number of nitrogens with zero attached hydrogens (tertiary/aromatic N) is 2. The van der Waals surface area contributed by atoms with Crippen LogP contribution in [0.2, 0.25) is 0 Å². The molecule has 33 heavy (non-hydrogen) atoms. The maximum atomic E-state index is 13.1. The van der Waals surface area contributed by atoms with Gasteiger partial charge in [-0.25, -0.2) is 13.4 Å². The summed E-state index contributed by atoms with van der Waals surface area (Å²) < 4.78 is 41.0. The highest BCUT2D eigenvalue weighted by atomic mass is 32.2. The van der Waals surface area contributed by atoms with E-state index in [9.17, 15) is 13.2 Å². The second kappa shape index (κ2) is 11.5. The topological polar surface area (TPSA) is 112 Å². The molecular formula is C23H28N4O5S. The molecule has 3 rings (SSSR count). The molecule has 0 bridgehead atoms. The number of sulfonamides is 1. The molecule has 176 valence electrons. The molecule has 0 aliphatic carbocycles. The van der Waals surface area contributed by atoms with E-state index in [1.165, 1.54) is 32.4 Å². The van der Waals surface area contributed by atoms with Crippen molar-refractivity contribution in [3.63, 3.8) is 0 Å². The van der Waals surface area contributed by atoms with E-state index in [1.54, 1.807) is 12.5 Å². The molecule has 2 N–H and O–H groups in total. The molecule has 3 aromatic rings. The van der Waals surface area contributed by atoms with E-state index >= 15 is 0 Å². The Morgan fingerprint density at radius 1 is 1.09 bits per heavy atom. The van der Waals surface area contributed by atoms with Gasteiger partial charge in [-0.15, -0.1) is 0 Å². The molecule has 1 atom stereocenters. The van der Waals surface area contributed by atoms with E-state index in [-0.39, 0.29) is 17.1 Å². The lowest BCUT2D eigenvalue weighted by molar-refractivity contribution is -0.122. The first-order chi connectivity index (χ1) is 15.9. The van der Waals surface area contributed by atoms with Crippen LogP contribution < -0.4 is 19.5 Å². The number of aromatic nitrogens is 2. The maximum Gasteiger partial charge on any atom is 0.241 e. The summed E-state index contributed by atoms with van der Waals surface area (Å²) in [6.07, 6.45) is 6.13. The third-order valence-corrected chi connectivity index (χ3v) is 6.48. The minimum atomic E-state index is -4.01. The molecule has 0 fully saturated rings. The van der Waals surface area contributed by atoms with Crippen LogP contribution in [0.5, 0.6) is 11.5 Å². The minimum Gasteiger partial charge on any atom is -0.493 e. The lowest BCUT2D eigenvalue weighted by Gasteiger charge is -2.19. The number of carbonyl (C=O) groups excluding carboxylic acids is 1. The maximum absolute atomic E-state index is 13.1. The van der Waals surface area contributed by atoms with Crippen molar-refractivity contribution in [2.75, 3.05) is 20.8 Å². The average Bonchev–Trinajstić information content (AvgIpc) is 3.35. The number of rotatable bonds is 12. The Bertz CT molecular complexity index is 1130. The van der Waals surface area contributed by atoms with Gasteiger partial charge in [0.1, 0.15) is 6.04 Å². The van der Waals surface area contributed by atoms with Gasteiger partial charge in [-0.05, 0) is 30.5 Å². The second-order valence-corrected chi connectivity index (χ2v) is 9.04. The molecule has 0 spiro atoms. The molecule has 0 aliphatic heterocycles. The fourth-order valence-corrected chi connectivity index (χ4v) is 4.50. The zero-order chi connectivity index (χ0) is 23.7. The van der Waals surface area contributed by atoms with Crippen molar-refractivity contribution in [3.05, 3.63) is 72.8 Å². The highest BCUT2D eigenvalue weighted by molar-refractivity contribution is 7.89. The Hall–Kier alpha value is -3.37. The van der Waals surface area contributed by atoms with Crippen molar-refractivity contribution >= 4 is 15.9 Å². The number of benzene rings is 2. The zero-order valence-corrected chi connectivity index (χ0v) is 19.4. The van der Waals surface area contributed by atoms with Gasteiger partial charge in [-0.1, -0.05) is 30.3 Å². The van der Waals surface area contributed by atoms with Gasteiger partial charge in [0, 0.05) is 31.5 Å². The van der Waals surface area contributed by atoms with Gasteiger partial charge in [0.05, 0.1) is 25.4 Å². The van der Waals surface area contributed by atoms with Crippen LogP contribution in [-0.4, -0.2) is 50.7 Å². The van der Waals surface area contributed by atoms with Gasteiger partial charge in [-0.3, -0.25) is 4.79 Å². The number of aryl methyl sites for hydroxylation is 1. The van der Waals surface area contributed by atoms with Gasteiger partial charge in [0.2, 0.25) is 15.9 Å². The molecule has 9 nitrogen and oxygen atoms in total. The highest BCUT2D eigenvalue weighted by Gasteiger charge is 2.26. The Labute approximate surface area is 193 Å². The van der Waals surface area contributed by atoms with E-state index < -0.39 is 22.0 Å². The summed E-state index contributed by atoms with van der Waals surface area (Å²) in [5, 5.41) is 2.84. The Morgan fingerprint density at radius 2 is 1.85 bits per heavy atom. The summed E-state index contributed by atoms with van der Waals surface area (Å²) in [5.41, 5.74) is 0.839. The third kappa shape index (κ3) is 6.80. The van der Waals surface area contributed by atoms with Crippen molar-refractivity contribution in [1.29, 1.82) is 0 Å². The van der Waals surface area contributed by atoms with Crippen molar-refractivity contribution in [3.8, 4) is 11.5 Å². The first-order valence-corrected chi connectivity index (χ1v) is 11.9. The third-order valence-electron chi connectivity index (χ3n) is 5.01. The standard InChI is InChI=1S/C23H28N4O5S/c1-31-21-10-9-19(16-22(21)32-2)33(29,30)26-20(15-18-7-4-3-5-8-18)23(28)25-11-6-13-27-14-12-24-17-27/h3-5,7-10,12,14,16-17,20,26H,6,11,13,15H2,1-2H3,(H,25,28)/t20-/m1/s1. The number of imidazole rings is 1. The molecule has 0 saturated carbocycles. The molecule has 1 heterocycles. The largest absolute Gasteiger partial charge is 0.493 e. The first-order valence-electron chi connectivity index (χ1n) is 10.4. The SMILES string of the molecule is COc1ccc(S(=O)(=O)N[C@H](Cc2ccccc2)C(=O)NCCCn2ccnc2)cc1OC. The van der Waals surface area contributed by atoms with Crippen LogP contribution in [0.1, 0.15) is 12.0 Å². The van der Waals surface area contributed by atoms with Crippen molar-refractivity contribution in [1.82, 2.24) is 19.6 Å². The van der Waals surface area contributed by atoms with E-state index in [0.717, 1.165) is 5.56 Å². The Balaban J connectivity index is 1.73. The predicted molar refractivity (Wildman–Crippen MR) is 124 cm³/mol. The number of hydrogen-bond donors (Lipinski definition) is 2. The lowest BCUT2D eigenvalue weighted by Crippen LogP contribution is -2.48. The number of ether oxygens (including phenoxy) is 2. The molecule has 2 aromatic carbocycles. The molecular weight excluding hydrogens is 444 g/mol. The van der Waals surface area contributed by atoms with Crippen LogP contribution in [0.25, 0.3) is 0 Å². The normalized spacial score (nSPS) is 12.2. The number of nitrogens with one attached hydrogen (secondary N) is 2. The van der Waals surface area contributed by atoms with E-state index in [2.05, 4.69) is 15.0 Å². The highest BCUT2D eigenvalue weighted by Crippen LogP contribution is 2.29. The van der Waals surface area contributed by atoms with Crippen LogP contribution in [0.3, 0.4) is 0 Å². The smallest absolute Gasteiger partial charge is 0.241 e. The number of methoxy groups -OCH3 is 2. The summed E-state index contributed by atoms with van der Waals surface area (Å²) >= 11 is 0. The van der Waals surface area contributed by atoms with E-state index in [4.69, 9.17) is 9.47 Å². The molecule has 1 amide bonds. The van der Waals surface area contributed by atoms with Crippen molar-refractivity contribution in [2.24, 2.45) is 0 Å². The Morgan fingerprint density at radius 3 is 2.52 bits per heavy atom. The van der Waals surface area contributed by atoms with Gasteiger partial charge in [0.15, 0.2) is 11.5 Å². The summed E-state index contributed by atoms with van der Waals surface area (Å²) in [7, 11) is -1.11. The number of carbonyl (C=O) groups is 1. The molecule has 1 aromatic heterocycles. The summed E-state index contributed by atoms with van der Waals surface area (Å²) in [5.74, 6) is 0.297. The van der Waals surface area contributed by atoms with Gasteiger partial charge in [0.25, 0.3) is 0 Å². The summed E-state index contributed by atoms with van der Waals surface area (Å²) in [6, 6.07) is 12.6. The van der Waals surface area contributed by atoms with E-state index in [1.807, 2.05) is 41.1 Å². The molecule has 0 saturated heterocycles. The van der Waals surface area contributed by atoms with Crippen LogP contribution >= 0.6 is 0 Å². The van der Waals surface area contributed by atoms with Gasteiger partial charge < -0.3 is 19.4 Å². The summed E-state index contributed by atoms with van der Waals surface area (Å²) in [4.78, 5) is 16.9. The molecule has 0 unspecified atom stereocenters. The van der Waals surface area contributed by atoms with Crippen LogP contribution in [0, 0.1) is 0 Å². The van der Waals surface area contributed by atoms with Crippen LogP contribution in [0.4, 0.5) is 0 Å². The minimum absolute atomic E-state index is 0.0221. The van der Waals surface area contributed by atoms with E-state index in [0.29, 0.717) is 25.3 Å². The molecule has 0 radical (unpaired) electrons. The fourth-order valence-electron chi connectivity index (χ4n) is 3.29. The quantitative estimate of drug-likeness (QED) is 0.390. The van der Waals surface area contributed by atoms with Crippen molar-refractivity contribution < 1.29 is 22.7 Å². The average molecular weight is 473 g/mol. The second-order valence-electron chi connectivity index (χ2n) is 7.33. The monoisotopic (exact) mass is 472 g/mol. The number of hydrogen-bond acceptors (Lipinski definition) is 6. The zero-order valence-electron chi connectivity index (χ0n) is 18.6. The number of amides is 1. The van der Waals surface area contributed by atoms with Crippen LogP contribution in [-0.2, 0) is 27.8 Å². The molecule has 0 aliphatic rings. The van der Waals surface area contributed by atoms with Gasteiger partial charge in [-0.2, -0.15) is 4.72 Å². The predicted octanol–water partition coefficient (Wildman–Crippen LogP) is 2.00. The lowest BCUT2D eigenvalue weighted by atomic mass is 10.1. The summed E-state index contributed by atoms with van der Waals surface area (Å²) in [6.45, 7) is 1.10. The van der Waals surface area contributed by atoms with Crippen molar-refractivity contribution in [2.45, 2.75) is 30.3 Å². The fraction of sp³-hybridized carbons (Fsp3) is 0.304. The molecule has 10 heteroatoms. The van der Waals surface area contributed by atoms with Crippen LogP contribution in [0.15, 0.2) is 72.1 Å². The van der Waals surface area contributed by atoms with Gasteiger partial charge >= 0.3 is 0 Å².